The van der Waals surface area contributed by atoms with Gasteiger partial charge in [-0.3, -0.25) is 9.36 Å². The Morgan fingerprint density at radius 3 is 2.52 bits per heavy atom. The molecule has 23 heavy (non-hydrogen) atoms. The molecule has 3 aromatic rings. The quantitative estimate of drug-likeness (QED) is 0.737. The smallest absolute Gasteiger partial charge is 0.268 e. The second-order valence-corrected chi connectivity index (χ2v) is 5.15. The molecule has 0 atom stereocenters. The average Bonchev–Trinajstić information content (AvgIpc) is 2.51. The minimum Gasteiger partial charge on any atom is -0.268 e. The highest BCUT2D eigenvalue weighted by Crippen LogP contribution is 2.18. The molecule has 0 aliphatic rings. The van der Waals surface area contributed by atoms with Crippen LogP contribution in [0.15, 0.2) is 41.2 Å². The molecule has 3 nitrogen and oxygen atoms in total. The Morgan fingerprint density at radius 1 is 1.04 bits per heavy atom. The SMILES string of the molecule is CCCc1nc2cccc(F)c2c(=O)n1-c1ccc(F)c(F)c1. The van der Waals surface area contributed by atoms with Gasteiger partial charge in [0.25, 0.3) is 5.56 Å². The van der Waals surface area contributed by atoms with E-state index in [-0.39, 0.29) is 16.6 Å². The number of hydrogen-bond donors (Lipinski definition) is 0. The lowest BCUT2D eigenvalue weighted by Crippen LogP contribution is -2.25. The van der Waals surface area contributed by atoms with E-state index in [4.69, 9.17) is 0 Å². The first-order chi connectivity index (χ1) is 11.0. The van der Waals surface area contributed by atoms with Crippen LogP contribution in [0.25, 0.3) is 16.6 Å². The molecule has 0 saturated heterocycles. The molecule has 118 valence electrons. The minimum absolute atomic E-state index is 0.120. The average molecular weight is 318 g/mol. The normalized spacial score (nSPS) is 11.1. The van der Waals surface area contributed by atoms with Gasteiger partial charge in [-0.2, -0.15) is 0 Å². The van der Waals surface area contributed by atoms with Gasteiger partial charge in [0.1, 0.15) is 17.0 Å². The number of halogens is 3. The van der Waals surface area contributed by atoms with Gasteiger partial charge in [-0.05, 0) is 30.7 Å². The molecule has 0 unspecified atom stereocenters. The highest BCUT2D eigenvalue weighted by atomic mass is 19.2. The third kappa shape index (κ3) is 2.60. The zero-order valence-electron chi connectivity index (χ0n) is 12.3. The molecule has 0 radical (unpaired) electrons. The van der Waals surface area contributed by atoms with E-state index in [1.54, 1.807) is 6.07 Å². The summed E-state index contributed by atoms with van der Waals surface area (Å²) in [6.45, 7) is 1.90. The molecule has 0 bridgehead atoms. The number of aromatic nitrogens is 2. The van der Waals surface area contributed by atoms with Crippen LogP contribution >= 0.6 is 0 Å². The van der Waals surface area contributed by atoms with Crippen molar-refractivity contribution in [1.29, 1.82) is 0 Å². The van der Waals surface area contributed by atoms with Gasteiger partial charge < -0.3 is 0 Å². The summed E-state index contributed by atoms with van der Waals surface area (Å²) < 4.78 is 41.8. The fourth-order valence-electron chi connectivity index (χ4n) is 2.52. The van der Waals surface area contributed by atoms with Crippen LogP contribution in [0.3, 0.4) is 0 Å². The largest absolute Gasteiger partial charge is 0.268 e. The van der Waals surface area contributed by atoms with E-state index < -0.39 is 23.0 Å². The first-order valence-electron chi connectivity index (χ1n) is 7.18. The van der Waals surface area contributed by atoms with Crippen molar-refractivity contribution in [3.8, 4) is 5.69 Å². The zero-order chi connectivity index (χ0) is 16.6. The van der Waals surface area contributed by atoms with Crippen molar-refractivity contribution >= 4 is 10.9 Å². The lowest BCUT2D eigenvalue weighted by molar-refractivity contribution is 0.507. The fraction of sp³-hybridized carbons (Fsp3) is 0.176. The van der Waals surface area contributed by atoms with Gasteiger partial charge in [0.05, 0.1) is 11.2 Å². The number of hydrogen-bond acceptors (Lipinski definition) is 2. The monoisotopic (exact) mass is 318 g/mol. The lowest BCUT2D eigenvalue weighted by Gasteiger charge is -2.13. The first-order valence-corrected chi connectivity index (χ1v) is 7.18. The Hall–Kier alpha value is -2.63. The Bertz CT molecular complexity index is 950. The molecule has 0 aliphatic heterocycles. The highest BCUT2D eigenvalue weighted by molar-refractivity contribution is 5.78. The molecule has 2 aromatic carbocycles. The molecule has 0 spiro atoms. The maximum atomic E-state index is 14.0. The predicted molar refractivity (Wildman–Crippen MR) is 81.2 cm³/mol. The van der Waals surface area contributed by atoms with Crippen molar-refractivity contribution in [2.45, 2.75) is 19.8 Å². The van der Waals surface area contributed by atoms with Gasteiger partial charge in [-0.25, -0.2) is 18.2 Å². The summed E-state index contributed by atoms with van der Waals surface area (Å²) in [5.41, 5.74) is -0.269. The highest BCUT2D eigenvalue weighted by Gasteiger charge is 2.16. The standard InChI is InChI=1S/C17H13F3N2O/c1-2-4-15-21-14-6-3-5-12(19)16(14)17(23)22(15)10-7-8-11(18)13(20)9-10/h3,5-9H,2,4H2,1H3. The van der Waals surface area contributed by atoms with Crippen molar-refractivity contribution in [2.75, 3.05) is 0 Å². The van der Waals surface area contributed by atoms with Crippen LogP contribution in [0.2, 0.25) is 0 Å². The van der Waals surface area contributed by atoms with Crippen molar-refractivity contribution in [2.24, 2.45) is 0 Å². The van der Waals surface area contributed by atoms with E-state index in [0.29, 0.717) is 18.7 Å². The molecule has 0 amide bonds. The van der Waals surface area contributed by atoms with Gasteiger partial charge >= 0.3 is 0 Å². The lowest BCUT2D eigenvalue weighted by atomic mass is 10.2. The van der Waals surface area contributed by atoms with Gasteiger partial charge in [-0.15, -0.1) is 0 Å². The van der Waals surface area contributed by atoms with Crippen LogP contribution in [-0.2, 0) is 6.42 Å². The Balaban J connectivity index is 2.39. The second kappa shape index (κ2) is 5.87. The Labute approximate surface area is 130 Å². The summed E-state index contributed by atoms with van der Waals surface area (Å²) in [6, 6.07) is 7.30. The number of rotatable bonds is 3. The summed E-state index contributed by atoms with van der Waals surface area (Å²) in [5.74, 6) is -2.41. The molecule has 0 saturated carbocycles. The maximum absolute atomic E-state index is 14.0. The maximum Gasteiger partial charge on any atom is 0.268 e. The minimum atomic E-state index is -1.08. The molecule has 0 aliphatic carbocycles. The van der Waals surface area contributed by atoms with Crippen LogP contribution in [0, 0.1) is 17.5 Å². The Morgan fingerprint density at radius 2 is 1.83 bits per heavy atom. The van der Waals surface area contributed by atoms with E-state index in [0.717, 1.165) is 16.7 Å². The van der Waals surface area contributed by atoms with Crippen LogP contribution < -0.4 is 5.56 Å². The van der Waals surface area contributed by atoms with Crippen LogP contribution in [0.5, 0.6) is 0 Å². The van der Waals surface area contributed by atoms with E-state index in [9.17, 15) is 18.0 Å². The van der Waals surface area contributed by atoms with Crippen LogP contribution in [0.4, 0.5) is 13.2 Å². The molecular formula is C17H13F3N2O. The van der Waals surface area contributed by atoms with Crippen molar-refractivity contribution in [1.82, 2.24) is 9.55 Å². The van der Waals surface area contributed by atoms with Gasteiger partial charge in [0, 0.05) is 12.5 Å². The number of nitrogens with zero attached hydrogens (tertiary/aromatic N) is 2. The fourth-order valence-corrected chi connectivity index (χ4v) is 2.52. The topological polar surface area (TPSA) is 34.9 Å². The third-order valence-electron chi connectivity index (χ3n) is 3.55. The third-order valence-corrected chi connectivity index (χ3v) is 3.55. The molecule has 3 rings (SSSR count). The van der Waals surface area contributed by atoms with Crippen molar-refractivity contribution in [3.63, 3.8) is 0 Å². The van der Waals surface area contributed by atoms with E-state index in [1.165, 1.54) is 18.2 Å². The molecular weight excluding hydrogens is 305 g/mol. The summed E-state index contributed by atoms with van der Waals surface area (Å²) >= 11 is 0. The van der Waals surface area contributed by atoms with Crippen LogP contribution in [0.1, 0.15) is 19.2 Å². The summed E-state index contributed by atoms with van der Waals surface area (Å²) in [6.07, 6.45) is 1.14. The predicted octanol–water partition coefficient (Wildman–Crippen LogP) is 3.76. The first kappa shape index (κ1) is 15.3. The van der Waals surface area contributed by atoms with Gasteiger partial charge in [0.2, 0.25) is 0 Å². The molecule has 0 N–H and O–H groups in total. The van der Waals surface area contributed by atoms with Crippen molar-refractivity contribution < 1.29 is 13.2 Å². The zero-order valence-corrected chi connectivity index (χ0v) is 12.3. The van der Waals surface area contributed by atoms with Crippen LogP contribution in [-0.4, -0.2) is 9.55 Å². The van der Waals surface area contributed by atoms with E-state index in [1.807, 2.05) is 6.92 Å². The number of fused-ring (bicyclic) bond motifs is 1. The van der Waals surface area contributed by atoms with E-state index >= 15 is 0 Å². The molecule has 1 aromatic heterocycles. The van der Waals surface area contributed by atoms with Crippen molar-refractivity contribution in [3.05, 3.63) is 70.0 Å². The summed E-state index contributed by atoms with van der Waals surface area (Å²) in [4.78, 5) is 17.0. The van der Waals surface area contributed by atoms with Gasteiger partial charge in [0.15, 0.2) is 11.6 Å². The summed E-state index contributed by atoms with van der Waals surface area (Å²) in [7, 11) is 0. The Kier molecular flexibility index (Phi) is 3.90. The molecule has 6 heteroatoms. The molecule has 0 fully saturated rings. The number of benzene rings is 2. The molecule has 1 heterocycles. The second-order valence-electron chi connectivity index (χ2n) is 5.15. The number of aryl methyl sites for hydroxylation is 1. The van der Waals surface area contributed by atoms with E-state index in [2.05, 4.69) is 4.98 Å². The van der Waals surface area contributed by atoms with Gasteiger partial charge in [-0.1, -0.05) is 13.0 Å². The summed E-state index contributed by atoms with van der Waals surface area (Å²) in [5, 5.41) is -0.169.